The number of carbonyl (C=O) groups excluding carboxylic acids is 1. The van der Waals surface area contributed by atoms with Gasteiger partial charge in [-0.2, -0.15) is 4.31 Å². The van der Waals surface area contributed by atoms with Crippen LogP contribution in [-0.2, 0) is 10.0 Å². The van der Waals surface area contributed by atoms with Gasteiger partial charge in [0.15, 0.2) is 0 Å². The molecule has 0 saturated heterocycles. The number of anilines is 1. The van der Waals surface area contributed by atoms with Gasteiger partial charge in [-0.05, 0) is 85.0 Å². The van der Waals surface area contributed by atoms with Gasteiger partial charge in [0.1, 0.15) is 0 Å². The molecule has 2 aromatic rings. The third-order valence-electron chi connectivity index (χ3n) is 3.62. The second-order valence-electron chi connectivity index (χ2n) is 5.60. The lowest BCUT2D eigenvalue weighted by Crippen LogP contribution is -2.33. The van der Waals surface area contributed by atoms with Crippen molar-refractivity contribution in [2.75, 3.05) is 12.4 Å². The number of hydrogen-bond donors (Lipinski definition) is 1. The topological polar surface area (TPSA) is 66.5 Å². The summed E-state index contributed by atoms with van der Waals surface area (Å²) in [6, 6.07) is 13.2. The molecular weight excluding hydrogens is 439 g/mol. The Bertz CT molecular complexity index is 816. The zero-order chi connectivity index (χ0) is 17.9. The standard InChI is InChI=1S/C17H19IN2O3S/c1-12(2)20(3)24(22,23)16-10-4-13(5-11-16)17(21)19-15-8-6-14(18)7-9-15/h4-12H,1-3H3,(H,19,21). The van der Waals surface area contributed by atoms with Crippen LogP contribution in [0.3, 0.4) is 0 Å². The second-order valence-corrected chi connectivity index (χ2v) is 8.84. The van der Waals surface area contributed by atoms with Crippen molar-refractivity contribution in [1.29, 1.82) is 0 Å². The van der Waals surface area contributed by atoms with E-state index in [-0.39, 0.29) is 16.8 Å². The molecule has 0 aliphatic rings. The van der Waals surface area contributed by atoms with E-state index in [0.717, 1.165) is 3.57 Å². The summed E-state index contributed by atoms with van der Waals surface area (Å²) < 4.78 is 27.2. The summed E-state index contributed by atoms with van der Waals surface area (Å²) in [6.07, 6.45) is 0. The van der Waals surface area contributed by atoms with E-state index in [4.69, 9.17) is 0 Å². The molecule has 5 nitrogen and oxygen atoms in total. The Morgan fingerprint density at radius 3 is 2.08 bits per heavy atom. The quantitative estimate of drug-likeness (QED) is 0.697. The lowest BCUT2D eigenvalue weighted by Gasteiger charge is -2.21. The Hall–Kier alpha value is -1.45. The zero-order valence-corrected chi connectivity index (χ0v) is 16.6. The Morgan fingerprint density at radius 1 is 1.04 bits per heavy atom. The molecule has 0 atom stereocenters. The van der Waals surface area contributed by atoms with Gasteiger partial charge in [-0.25, -0.2) is 8.42 Å². The highest BCUT2D eigenvalue weighted by Crippen LogP contribution is 2.18. The van der Waals surface area contributed by atoms with Crippen molar-refractivity contribution in [1.82, 2.24) is 4.31 Å². The van der Waals surface area contributed by atoms with Gasteiger partial charge in [0, 0.05) is 27.9 Å². The number of amides is 1. The summed E-state index contributed by atoms with van der Waals surface area (Å²) in [6.45, 7) is 3.61. The van der Waals surface area contributed by atoms with Crippen LogP contribution >= 0.6 is 22.6 Å². The number of carbonyl (C=O) groups is 1. The number of nitrogens with zero attached hydrogens (tertiary/aromatic N) is 1. The van der Waals surface area contributed by atoms with Crippen molar-refractivity contribution < 1.29 is 13.2 Å². The lowest BCUT2D eigenvalue weighted by molar-refractivity contribution is 0.102. The molecule has 0 radical (unpaired) electrons. The molecule has 0 heterocycles. The highest BCUT2D eigenvalue weighted by Gasteiger charge is 2.23. The van der Waals surface area contributed by atoms with Crippen molar-refractivity contribution in [3.05, 3.63) is 57.7 Å². The van der Waals surface area contributed by atoms with E-state index in [1.807, 2.05) is 24.3 Å². The fraction of sp³-hybridized carbons (Fsp3) is 0.235. The molecular formula is C17H19IN2O3S. The summed E-state index contributed by atoms with van der Waals surface area (Å²) in [4.78, 5) is 12.4. The number of benzene rings is 2. The fourth-order valence-corrected chi connectivity index (χ4v) is 3.69. The van der Waals surface area contributed by atoms with Crippen LogP contribution in [0, 0.1) is 3.57 Å². The van der Waals surface area contributed by atoms with Gasteiger partial charge in [-0.15, -0.1) is 0 Å². The van der Waals surface area contributed by atoms with Gasteiger partial charge >= 0.3 is 0 Å². The molecule has 24 heavy (non-hydrogen) atoms. The molecule has 7 heteroatoms. The van der Waals surface area contributed by atoms with Crippen LogP contribution in [0.4, 0.5) is 5.69 Å². The monoisotopic (exact) mass is 458 g/mol. The van der Waals surface area contributed by atoms with E-state index in [2.05, 4.69) is 27.9 Å². The van der Waals surface area contributed by atoms with Crippen molar-refractivity contribution in [3.8, 4) is 0 Å². The number of rotatable bonds is 5. The third-order valence-corrected chi connectivity index (χ3v) is 6.39. The van der Waals surface area contributed by atoms with E-state index < -0.39 is 10.0 Å². The number of nitrogens with one attached hydrogen (secondary N) is 1. The fourth-order valence-electron chi connectivity index (χ4n) is 1.96. The molecule has 0 bridgehead atoms. The molecule has 1 N–H and O–H groups in total. The largest absolute Gasteiger partial charge is 0.322 e. The van der Waals surface area contributed by atoms with Crippen molar-refractivity contribution >= 4 is 44.2 Å². The Kier molecular flexibility index (Phi) is 6.00. The van der Waals surface area contributed by atoms with Crippen LogP contribution < -0.4 is 5.32 Å². The number of hydrogen-bond acceptors (Lipinski definition) is 3. The summed E-state index contributed by atoms with van der Waals surface area (Å²) in [5, 5.41) is 2.78. The van der Waals surface area contributed by atoms with Crippen LogP contribution in [-0.4, -0.2) is 31.7 Å². The molecule has 0 spiro atoms. The predicted molar refractivity (Wildman–Crippen MR) is 104 cm³/mol. The summed E-state index contributed by atoms with van der Waals surface area (Å²) in [5.74, 6) is -0.280. The molecule has 0 fully saturated rings. The molecule has 2 rings (SSSR count). The smallest absolute Gasteiger partial charge is 0.255 e. The number of halogens is 1. The number of sulfonamides is 1. The van der Waals surface area contributed by atoms with Gasteiger partial charge < -0.3 is 5.32 Å². The SMILES string of the molecule is CC(C)N(C)S(=O)(=O)c1ccc(C(=O)Nc2ccc(I)cc2)cc1. The van der Waals surface area contributed by atoms with E-state index in [9.17, 15) is 13.2 Å². The first-order chi connectivity index (χ1) is 11.2. The molecule has 2 aromatic carbocycles. The molecule has 0 aliphatic heterocycles. The van der Waals surface area contributed by atoms with Crippen molar-refractivity contribution in [2.45, 2.75) is 24.8 Å². The van der Waals surface area contributed by atoms with Crippen LogP contribution in [0.2, 0.25) is 0 Å². The second kappa shape index (κ2) is 7.62. The first-order valence-corrected chi connectivity index (χ1v) is 9.88. The van der Waals surface area contributed by atoms with Crippen molar-refractivity contribution in [2.24, 2.45) is 0 Å². The Labute approximate surface area is 156 Å². The maximum absolute atomic E-state index is 12.4. The minimum atomic E-state index is -3.54. The summed E-state index contributed by atoms with van der Waals surface area (Å²) in [7, 11) is -2.00. The maximum atomic E-state index is 12.4. The molecule has 0 unspecified atom stereocenters. The average molecular weight is 458 g/mol. The van der Waals surface area contributed by atoms with Crippen molar-refractivity contribution in [3.63, 3.8) is 0 Å². The molecule has 0 aliphatic carbocycles. The van der Waals surface area contributed by atoms with E-state index >= 15 is 0 Å². The van der Waals surface area contributed by atoms with Crippen LogP contribution in [0.1, 0.15) is 24.2 Å². The zero-order valence-electron chi connectivity index (χ0n) is 13.7. The Morgan fingerprint density at radius 2 is 1.58 bits per heavy atom. The third kappa shape index (κ3) is 4.34. The van der Waals surface area contributed by atoms with Gasteiger partial charge in [0.25, 0.3) is 5.91 Å². The summed E-state index contributed by atoms with van der Waals surface area (Å²) >= 11 is 2.19. The van der Waals surface area contributed by atoms with Crippen LogP contribution in [0.25, 0.3) is 0 Å². The van der Waals surface area contributed by atoms with Crippen LogP contribution in [0.5, 0.6) is 0 Å². The minimum absolute atomic E-state index is 0.140. The van der Waals surface area contributed by atoms with Gasteiger partial charge in [0.2, 0.25) is 10.0 Å². The molecule has 0 saturated carbocycles. The first-order valence-electron chi connectivity index (χ1n) is 7.37. The van der Waals surface area contributed by atoms with E-state index in [1.165, 1.54) is 35.6 Å². The maximum Gasteiger partial charge on any atom is 0.255 e. The molecule has 0 aromatic heterocycles. The normalized spacial score (nSPS) is 11.8. The van der Waals surface area contributed by atoms with Gasteiger partial charge in [-0.1, -0.05) is 0 Å². The first kappa shape index (κ1) is 18.9. The average Bonchev–Trinajstić information content (AvgIpc) is 2.56. The van der Waals surface area contributed by atoms with Gasteiger partial charge in [-0.3, -0.25) is 4.79 Å². The summed E-state index contributed by atoms with van der Waals surface area (Å²) in [5.41, 5.74) is 1.09. The highest BCUT2D eigenvalue weighted by molar-refractivity contribution is 14.1. The lowest BCUT2D eigenvalue weighted by atomic mass is 10.2. The highest BCUT2D eigenvalue weighted by atomic mass is 127. The molecule has 1 amide bonds. The van der Waals surface area contributed by atoms with Crippen LogP contribution in [0.15, 0.2) is 53.4 Å². The Balaban J connectivity index is 2.17. The minimum Gasteiger partial charge on any atom is -0.322 e. The molecule has 128 valence electrons. The predicted octanol–water partition coefficient (Wildman–Crippen LogP) is 3.57. The van der Waals surface area contributed by atoms with E-state index in [1.54, 1.807) is 13.8 Å². The van der Waals surface area contributed by atoms with E-state index in [0.29, 0.717) is 11.3 Å². The van der Waals surface area contributed by atoms with Gasteiger partial charge in [0.05, 0.1) is 4.90 Å².